The van der Waals surface area contributed by atoms with E-state index in [1.54, 1.807) is 11.9 Å². The summed E-state index contributed by atoms with van der Waals surface area (Å²) in [5.74, 6) is -1.10. The number of carboxylic acid groups (broad SMARTS) is 1. The minimum Gasteiger partial charge on any atom is -0.480 e. The Labute approximate surface area is 137 Å². The summed E-state index contributed by atoms with van der Waals surface area (Å²) in [6.45, 7) is 3.30. The van der Waals surface area contributed by atoms with Crippen LogP contribution in [-0.4, -0.2) is 66.8 Å². The Kier molecular flexibility index (Phi) is 6.31. The summed E-state index contributed by atoms with van der Waals surface area (Å²) >= 11 is 3.30. The molecule has 1 aliphatic heterocycles. The van der Waals surface area contributed by atoms with Crippen LogP contribution in [0.15, 0.2) is 22.7 Å². The van der Waals surface area contributed by atoms with E-state index >= 15 is 0 Å². The molecule has 0 amide bonds. The van der Waals surface area contributed by atoms with Gasteiger partial charge in [-0.05, 0) is 30.8 Å². The van der Waals surface area contributed by atoms with E-state index in [0.717, 1.165) is 16.6 Å². The van der Waals surface area contributed by atoms with Crippen molar-refractivity contribution in [2.24, 2.45) is 0 Å². The van der Waals surface area contributed by atoms with Gasteiger partial charge in [0, 0.05) is 30.7 Å². The molecule has 7 heteroatoms. The second kappa shape index (κ2) is 8.01. The van der Waals surface area contributed by atoms with Gasteiger partial charge >= 0.3 is 5.97 Å². The molecule has 1 aliphatic rings. The topological polar surface area (TPSA) is 53.0 Å². The number of rotatable bonds is 6. The Hall–Kier alpha value is -1.02. The van der Waals surface area contributed by atoms with Gasteiger partial charge in [-0.15, -0.1) is 0 Å². The number of likely N-dealkylation sites (N-methyl/N-ethyl adjacent to an activating group) is 1. The lowest BCUT2D eigenvalue weighted by Gasteiger charge is -2.34. The van der Waals surface area contributed by atoms with Crippen LogP contribution in [0.2, 0.25) is 0 Å². The van der Waals surface area contributed by atoms with Gasteiger partial charge in [0.2, 0.25) is 0 Å². The third-order valence-electron chi connectivity index (χ3n) is 3.47. The lowest BCUT2D eigenvalue weighted by atomic mass is 10.2. The van der Waals surface area contributed by atoms with Crippen LogP contribution in [0.5, 0.6) is 0 Å². The summed E-state index contributed by atoms with van der Waals surface area (Å²) in [7, 11) is 1.76. The van der Waals surface area contributed by atoms with Crippen molar-refractivity contribution in [3.8, 4) is 0 Å². The van der Waals surface area contributed by atoms with Gasteiger partial charge in [0.05, 0.1) is 19.3 Å². The highest BCUT2D eigenvalue weighted by Crippen LogP contribution is 2.17. The molecule has 0 spiro atoms. The van der Waals surface area contributed by atoms with E-state index in [0.29, 0.717) is 26.2 Å². The lowest BCUT2D eigenvalue weighted by molar-refractivity contribution is -0.138. The highest BCUT2D eigenvalue weighted by molar-refractivity contribution is 9.10. The van der Waals surface area contributed by atoms with Crippen molar-refractivity contribution >= 4 is 21.9 Å². The van der Waals surface area contributed by atoms with Crippen LogP contribution in [0, 0.1) is 5.82 Å². The molecule has 2 rings (SSSR count). The molecule has 1 N–H and O–H groups in total. The fourth-order valence-electron chi connectivity index (χ4n) is 2.64. The zero-order valence-electron chi connectivity index (χ0n) is 12.5. The van der Waals surface area contributed by atoms with Crippen molar-refractivity contribution < 1.29 is 19.0 Å². The van der Waals surface area contributed by atoms with Crippen LogP contribution < -0.4 is 0 Å². The zero-order chi connectivity index (χ0) is 16.1. The predicted octanol–water partition coefficient (Wildman–Crippen LogP) is 1.81. The Balaban J connectivity index is 1.88. The van der Waals surface area contributed by atoms with Crippen molar-refractivity contribution in [2.45, 2.75) is 12.6 Å². The number of nitrogens with zero attached hydrogens (tertiary/aromatic N) is 2. The summed E-state index contributed by atoms with van der Waals surface area (Å²) in [6.07, 6.45) is -0.0323. The molecule has 0 saturated carbocycles. The van der Waals surface area contributed by atoms with E-state index in [9.17, 15) is 9.18 Å². The average molecular weight is 375 g/mol. The SMILES string of the molecule is CN(CC(=O)O)CC1CN(Cc2cc(F)cc(Br)c2)CCO1. The van der Waals surface area contributed by atoms with Gasteiger partial charge < -0.3 is 9.84 Å². The first kappa shape index (κ1) is 17.3. The molecule has 0 aromatic heterocycles. The van der Waals surface area contributed by atoms with E-state index in [1.165, 1.54) is 12.1 Å². The van der Waals surface area contributed by atoms with E-state index in [2.05, 4.69) is 20.8 Å². The smallest absolute Gasteiger partial charge is 0.317 e. The van der Waals surface area contributed by atoms with Crippen molar-refractivity contribution in [3.63, 3.8) is 0 Å². The van der Waals surface area contributed by atoms with Gasteiger partial charge in [-0.25, -0.2) is 4.39 Å². The van der Waals surface area contributed by atoms with Gasteiger partial charge in [-0.3, -0.25) is 14.6 Å². The molecule has 122 valence electrons. The zero-order valence-corrected chi connectivity index (χ0v) is 14.1. The number of hydrogen-bond donors (Lipinski definition) is 1. The fraction of sp³-hybridized carbons (Fsp3) is 0.533. The van der Waals surface area contributed by atoms with Crippen LogP contribution in [-0.2, 0) is 16.1 Å². The van der Waals surface area contributed by atoms with Gasteiger partial charge in [-0.2, -0.15) is 0 Å². The number of halogens is 2. The minimum atomic E-state index is -0.847. The number of benzene rings is 1. The van der Waals surface area contributed by atoms with Gasteiger partial charge in [0.1, 0.15) is 5.82 Å². The van der Waals surface area contributed by atoms with Crippen LogP contribution in [0.3, 0.4) is 0 Å². The number of carboxylic acids is 1. The quantitative estimate of drug-likeness (QED) is 0.822. The Morgan fingerprint density at radius 2 is 2.32 bits per heavy atom. The summed E-state index contributed by atoms with van der Waals surface area (Å²) in [4.78, 5) is 14.6. The molecule has 0 bridgehead atoms. The molecule has 5 nitrogen and oxygen atoms in total. The number of hydrogen-bond acceptors (Lipinski definition) is 4. The predicted molar refractivity (Wildman–Crippen MR) is 84.2 cm³/mol. The summed E-state index contributed by atoms with van der Waals surface area (Å²) in [5.41, 5.74) is 0.909. The fourth-order valence-corrected chi connectivity index (χ4v) is 3.15. The first-order valence-electron chi connectivity index (χ1n) is 7.11. The van der Waals surface area contributed by atoms with Crippen molar-refractivity contribution in [3.05, 3.63) is 34.1 Å². The normalized spacial score (nSPS) is 19.5. The average Bonchev–Trinajstić information content (AvgIpc) is 2.36. The van der Waals surface area contributed by atoms with E-state index < -0.39 is 5.97 Å². The summed E-state index contributed by atoms with van der Waals surface area (Å²) in [5, 5.41) is 8.78. The lowest BCUT2D eigenvalue weighted by Crippen LogP contribution is -2.47. The Bertz CT molecular complexity index is 509. The molecule has 0 radical (unpaired) electrons. The van der Waals surface area contributed by atoms with Crippen molar-refractivity contribution in [2.75, 3.05) is 39.8 Å². The molecular formula is C15H20BrFN2O3. The highest BCUT2D eigenvalue weighted by atomic mass is 79.9. The Morgan fingerprint density at radius 3 is 3.00 bits per heavy atom. The van der Waals surface area contributed by atoms with E-state index in [4.69, 9.17) is 9.84 Å². The summed E-state index contributed by atoms with van der Waals surface area (Å²) in [6, 6.07) is 4.88. The third-order valence-corrected chi connectivity index (χ3v) is 3.93. The third kappa shape index (κ3) is 5.64. The molecule has 0 aliphatic carbocycles. The maximum absolute atomic E-state index is 13.4. The Morgan fingerprint density at radius 1 is 1.55 bits per heavy atom. The van der Waals surface area contributed by atoms with Gasteiger partial charge in [-0.1, -0.05) is 15.9 Å². The van der Waals surface area contributed by atoms with Crippen LogP contribution >= 0.6 is 15.9 Å². The molecule has 1 heterocycles. The maximum atomic E-state index is 13.4. The minimum absolute atomic E-state index is 0.00327. The van der Waals surface area contributed by atoms with Gasteiger partial charge in [0.25, 0.3) is 0 Å². The van der Waals surface area contributed by atoms with E-state index in [1.807, 2.05) is 6.07 Å². The van der Waals surface area contributed by atoms with Crippen LogP contribution in [0.25, 0.3) is 0 Å². The molecular weight excluding hydrogens is 355 g/mol. The number of ether oxygens (including phenoxy) is 1. The first-order valence-corrected chi connectivity index (χ1v) is 7.91. The second-order valence-electron chi connectivity index (χ2n) is 5.60. The monoisotopic (exact) mass is 374 g/mol. The maximum Gasteiger partial charge on any atom is 0.317 e. The molecule has 1 aromatic carbocycles. The standard InChI is InChI=1S/C15H20BrFN2O3/c1-18(10-15(20)21)8-14-9-19(2-3-22-14)7-11-4-12(16)6-13(17)5-11/h4-6,14H,2-3,7-10H2,1H3,(H,20,21). The van der Waals surface area contributed by atoms with Crippen molar-refractivity contribution in [1.29, 1.82) is 0 Å². The molecule has 1 fully saturated rings. The molecule has 1 aromatic rings. The molecule has 1 atom stereocenters. The number of aliphatic carboxylic acids is 1. The van der Waals surface area contributed by atoms with Crippen LogP contribution in [0.1, 0.15) is 5.56 Å². The van der Waals surface area contributed by atoms with E-state index in [-0.39, 0.29) is 18.5 Å². The van der Waals surface area contributed by atoms with Gasteiger partial charge in [0.15, 0.2) is 0 Å². The van der Waals surface area contributed by atoms with Crippen molar-refractivity contribution in [1.82, 2.24) is 9.80 Å². The van der Waals surface area contributed by atoms with Crippen LogP contribution in [0.4, 0.5) is 4.39 Å². The molecule has 1 unspecified atom stereocenters. The molecule has 22 heavy (non-hydrogen) atoms. The first-order chi connectivity index (χ1) is 10.4. The number of morpholine rings is 1. The second-order valence-corrected chi connectivity index (χ2v) is 6.51. The summed E-state index contributed by atoms with van der Waals surface area (Å²) < 4.78 is 19.8. The largest absolute Gasteiger partial charge is 0.480 e. The highest BCUT2D eigenvalue weighted by Gasteiger charge is 2.22. The number of carbonyl (C=O) groups is 1. The molecule has 1 saturated heterocycles.